The van der Waals surface area contributed by atoms with Crippen LogP contribution in [0.4, 0.5) is 22.7 Å². The van der Waals surface area contributed by atoms with E-state index in [2.05, 4.69) is 15.5 Å². The van der Waals surface area contributed by atoms with Gasteiger partial charge in [-0.15, -0.1) is 5.11 Å². The van der Waals surface area contributed by atoms with Crippen LogP contribution < -0.4 is 40.6 Å². The Morgan fingerprint density at radius 3 is 2.42 bits per heavy atom. The number of nitrogens with two attached hydrogens (primary N) is 1. The second-order valence-corrected chi connectivity index (χ2v) is 9.38. The molecule has 4 aromatic carbocycles. The van der Waals surface area contributed by atoms with Crippen molar-refractivity contribution in [3.05, 3.63) is 83.4 Å². The van der Waals surface area contributed by atoms with E-state index in [0.717, 1.165) is 17.2 Å². The Morgan fingerprint density at radius 2 is 1.75 bits per heavy atom. The van der Waals surface area contributed by atoms with Crippen LogP contribution >= 0.6 is 0 Å². The molecule has 1 amide bonds. The first-order valence-electron chi connectivity index (χ1n) is 10.4. The second kappa shape index (κ2) is 10.8. The van der Waals surface area contributed by atoms with Crippen LogP contribution in [-0.4, -0.2) is 24.0 Å². The van der Waals surface area contributed by atoms with Gasteiger partial charge in [-0.2, -0.15) is 5.11 Å². The van der Waals surface area contributed by atoms with Crippen molar-refractivity contribution in [1.29, 1.82) is 0 Å². The maximum atomic E-state index is 12.5. The van der Waals surface area contributed by atoms with Crippen molar-refractivity contribution in [3.63, 3.8) is 0 Å². The Labute approximate surface area is 230 Å². The molecule has 0 radical (unpaired) electrons. The van der Waals surface area contributed by atoms with Gasteiger partial charge in [0.25, 0.3) is 5.91 Å². The first-order valence-corrected chi connectivity index (χ1v) is 11.9. The van der Waals surface area contributed by atoms with Gasteiger partial charge in [-0.1, -0.05) is 23.8 Å². The van der Waals surface area contributed by atoms with Gasteiger partial charge in [0.05, 0.1) is 10.6 Å². The molecule has 0 spiro atoms. The molecule has 4 N–H and O–H groups in total. The summed E-state index contributed by atoms with van der Waals surface area (Å²) in [6.45, 7) is 3.73. The van der Waals surface area contributed by atoms with E-state index < -0.39 is 32.4 Å². The van der Waals surface area contributed by atoms with Gasteiger partial charge in [0.1, 0.15) is 15.8 Å². The van der Waals surface area contributed by atoms with Gasteiger partial charge in [-0.25, -0.2) is 8.42 Å². The molecule has 0 aliphatic heterocycles. The van der Waals surface area contributed by atoms with E-state index in [-0.39, 0.29) is 40.3 Å². The average molecular weight is 513 g/mol. The first kappa shape index (κ1) is 27.3. The van der Waals surface area contributed by atoms with Crippen molar-refractivity contribution >= 4 is 49.5 Å². The zero-order chi connectivity index (χ0) is 25.3. The molecular weight excluding hydrogens is 491 g/mol. The predicted octanol–water partition coefficient (Wildman–Crippen LogP) is 2.32. The summed E-state index contributed by atoms with van der Waals surface area (Å²) in [7, 11) is -5.02. The topological polar surface area (TPSA) is 157 Å². The summed E-state index contributed by atoms with van der Waals surface area (Å²) >= 11 is 0. The smallest absolute Gasteiger partial charge is 0.744 e. The fraction of sp³-hybridized carbons (Fsp3) is 0.0800. The molecule has 4 aromatic rings. The van der Waals surface area contributed by atoms with Gasteiger partial charge in [0.2, 0.25) is 0 Å². The van der Waals surface area contributed by atoms with Crippen LogP contribution in [0.15, 0.2) is 81.9 Å². The number of azo groups is 1. The summed E-state index contributed by atoms with van der Waals surface area (Å²) in [4.78, 5) is 11.8. The zero-order valence-electron chi connectivity index (χ0n) is 19.8. The number of carbonyl (C=O) groups excluding carboxylic acids is 1. The van der Waals surface area contributed by atoms with E-state index >= 15 is 0 Å². The van der Waals surface area contributed by atoms with Crippen LogP contribution in [0, 0.1) is 13.8 Å². The fourth-order valence-corrected chi connectivity index (χ4v) is 4.27. The predicted molar refractivity (Wildman–Crippen MR) is 132 cm³/mol. The first-order chi connectivity index (χ1) is 16.5. The van der Waals surface area contributed by atoms with Gasteiger partial charge in [-0.05, 0) is 73.3 Å². The van der Waals surface area contributed by atoms with Crippen LogP contribution in [0.5, 0.6) is 5.75 Å². The number of amides is 1. The third kappa shape index (κ3) is 5.92. The van der Waals surface area contributed by atoms with Crippen molar-refractivity contribution in [2.75, 3.05) is 11.1 Å². The minimum atomic E-state index is -5.02. The Balaban J connectivity index is 0.00000361. The van der Waals surface area contributed by atoms with Crippen molar-refractivity contribution < 1.29 is 52.4 Å². The molecule has 178 valence electrons. The third-order valence-corrected chi connectivity index (χ3v) is 6.19. The van der Waals surface area contributed by atoms with Crippen LogP contribution in [0.3, 0.4) is 0 Å². The van der Waals surface area contributed by atoms with E-state index in [9.17, 15) is 22.9 Å². The number of aryl methyl sites for hydroxylation is 2. The number of phenolic OH excluding ortho intramolecular Hbond substituents is 1. The van der Waals surface area contributed by atoms with Crippen molar-refractivity contribution in [3.8, 4) is 5.75 Å². The fourth-order valence-electron chi connectivity index (χ4n) is 3.62. The Bertz CT molecular complexity index is 1620. The van der Waals surface area contributed by atoms with E-state index in [4.69, 9.17) is 5.73 Å². The summed E-state index contributed by atoms with van der Waals surface area (Å²) in [5, 5.41) is 21.9. The molecule has 0 saturated heterocycles. The molecule has 0 aromatic heterocycles. The number of benzene rings is 4. The van der Waals surface area contributed by atoms with Crippen LogP contribution in [0.1, 0.15) is 21.5 Å². The molecule has 9 nitrogen and oxygen atoms in total. The number of nitrogen functional groups attached to an aromatic ring is 1. The Kier molecular flexibility index (Phi) is 8.17. The number of nitrogens with zero attached hydrogens (tertiary/aromatic N) is 2. The molecule has 0 fully saturated rings. The number of carbonyl (C=O) groups is 1. The average Bonchev–Trinajstić information content (AvgIpc) is 2.78. The summed E-state index contributed by atoms with van der Waals surface area (Å²) in [6, 6.07) is 17.3. The molecule has 0 saturated carbocycles. The molecule has 4 rings (SSSR count). The third-order valence-electron chi connectivity index (χ3n) is 5.34. The number of phenols is 1. The molecule has 0 aliphatic carbocycles. The Hall–Kier alpha value is -3.28. The number of nitrogens with one attached hydrogen (secondary N) is 1. The van der Waals surface area contributed by atoms with E-state index in [1.54, 1.807) is 24.3 Å². The number of anilines is 2. The SMILES string of the molecule is Cc1ccc(N=Nc2c(S(=O)(=O)[O-])cc3cc(NC(=O)c4cccc(N)c4)ccc3c2O)c(C)c1.[Na+]. The summed E-state index contributed by atoms with van der Waals surface area (Å²) in [5.74, 6) is -0.949. The van der Waals surface area contributed by atoms with Crippen LogP contribution in [0.2, 0.25) is 0 Å². The number of hydrogen-bond acceptors (Lipinski definition) is 8. The Morgan fingerprint density at radius 1 is 1.00 bits per heavy atom. The minimum Gasteiger partial charge on any atom is -0.744 e. The van der Waals surface area contributed by atoms with Crippen LogP contribution in [-0.2, 0) is 10.1 Å². The molecule has 0 bridgehead atoms. The number of rotatable bonds is 5. The van der Waals surface area contributed by atoms with E-state index in [1.165, 1.54) is 24.3 Å². The quantitative estimate of drug-likeness (QED) is 0.161. The summed E-state index contributed by atoms with van der Waals surface area (Å²) in [5.41, 5.74) is 8.61. The molecule has 0 aliphatic rings. The van der Waals surface area contributed by atoms with Crippen LogP contribution in [0.25, 0.3) is 10.8 Å². The summed E-state index contributed by atoms with van der Waals surface area (Å²) < 4.78 is 36.0. The maximum Gasteiger partial charge on any atom is 1.00 e. The van der Waals surface area contributed by atoms with Gasteiger partial charge >= 0.3 is 29.6 Å². The van der Waals surface area contributed by atoms with Gasteiger partial charge in [-0.3, -0.25) is 4.79 Å². The molecule has 11 heteroatoms. The van der Waals surface area contributed by atoms with Gasteiger partial charge in [0.15, 0.2) is 5.75 Å². The zero-order valence-corrected chi connectivity index (χ0v) is 22.6. The normalized spacial score (nSPS) is 11.4. The minimum absolute atomic E-state index is 0. The molecular formula is C25H21N4NaO5S. The van der Waals surface area contributed by atoms with Gasteiger partial charge in [0, 0.05) is 22.3 Å². The second-order valence-electron chi connectivity index (χ2n) is 8.03. The standard InChI is InChI=1S/C25H22N4O5S.Na/c1-14-6-9-21(15(2)10-14)28-29-23-22(35(32,33)34)13-17-12-19(7-8-20(17)24(23)30)27-25(31)16-4-3-5-18(26)11-16;/h3-13,30H,26H2,1-2H3,(H,27,31)(H,32,33,34);/q;+1/p-1. The number of fused-ring (bicyclic) bond motifs is 1. The largest absolute Gasteiger partial charge is 1.00 e. The van der Waals surface area contributed by atoms with Crippen molar-refractivity contribution in [2.24, 2.45) is 10.2 Å². The van der Waals surface area contributed by atoms with Crippen molar-refractivity contribution in [2.45, 2.75) is 18.7 Å². The van der Waals surface area contributed by atoms with Crippen molar-refractivity contribution in [1.82, 2.24) is 0 Å². The maximum absolute atomic E-state index is 12.5. The monoisotopic (exact) mass is 512 g/mol. The van der Waals surface area contributed by atoms with E-state index in [1.807, 2.05) is 26.0 Å². The number of hydrogen-bond donors (Lipinski definition) is 3. The van der Waals surface area contributed by atoms with Gasteiger partial charge < -0.3 is 20.7 Å². The molecule has 36 heavy (non-hydrogen) atoms. The molecule has 0 atom stereocenters. The molecule has 0 heterocycles. The van der Waals surface area contributed by atoms with E-state index in [0.29, 0.717) is 22.6 Å². The number of aromatic hydroxyl groups is 1. The summed E-state index contributed by atoms with van der Waals surface area (Å²) in [6.07, 6.45) is 0. The molecule has 0 unspecified atom stereocenters.